The van der Waals surface area contributed by atoms with Gasteiger partial charge in [0.2, 0.25) is 0 Å². The van der Waals surface area contributed by atoms with Crippen molar-refractivity contribution in [3.8, 4) is 0 Å². The van der Waals surface area contributed by atoms with Crippen LogP contribution in [0.3, 0.4) is 0 Å². The summed E-state index contributed by atoms with van der Waals surface area (Å²) in [6.07, 6.45) is 4.89. The molecular weight excluding hydrogens is 548 g/mol. The highest BCUT2D eigenvalue weighted by atomic mass is 16.6. The molecule has 0 fully saturated rings. The van der Waals surface area contributed by atoms with Gasteiger partial charge in [-0.15, -0.1) is 0 Å². The molecule has 11 heteroatoms. The number of carbonyl (C=O) groups is 1. The molecule has 1 rings (SSSR count). The summed E-state index contributed by atoms with van der Waals surface area (Å²) < 4.78 is 54.3. The number of unbranched alkanes of at least 4 members (excludes halogenated alkanes) is 3. The molecule has 244 valence electrons. The van der Waals surface area contributed by atoms with Crippen LogP contribution in [0.25, 0.3) is 0 Å². The van der Waals surface area contributed by atoms with E-state index in [1.807, 2.05) is 6.07 Å². The zero-order chi connectivity index (χ0) is 30.0. The normalized spacial score (nSPS) is 11.3. The van der Waals surface area contributed by atoms with Gasteiger partial charge in [-0.05, 0) is 18.6 Å². The molecule has 0 unspecified atom stereocenters. The second kappa shape index (κ2) is 32.2. The van der Waals surface area contributed by atoms with Crippen molar-refractivity contribution in [1.82, 2.24) is 0 Å². The van der Waals surface area contributed by atoms with Crippen LogP contribution < -0.4 is 0 Å². The molecule has 1 aromatic carbocycles. The minimum absolute atomic E-state index is 0.207. The summed E-state index contributed by atoms with van der Waals surface area (Å²) in [4.78, 5) is 11.8. The van der Waals surface area contributed by atoms with Crippen molar-refractivity contribution in [3.05, 3.63) is 35.9 Å². The van der Waals surface area contributed by atoms with E-state index in [4.69, 9.17) is 47.4 Å². The zero-order valence-electron chi connectivity index (χ0n) is 25.6. The number of ether oxygens (including phenoxy) is 10. The fourth-order valence-corrected chi connectivity index (χ4v) is 3.34. The van der Waals surface area contributed by atoms with Gasteiger partial charge in [0.05, 0.1) is 118 Å². The van der Waals surface area contributed by atoms with E-state index in [1.54, 1.807) is 24.3 Å². The number of esters is 1. The molecule has 0 aliphatic heterocycles. The van der Waals surface area contributed by atoms with Crippen LogP contribution in [0, 0.1) is 0 Å². The van der Waals surface area contributed by atoms with Gasteiger partial charge in [0.25, 0.3) is 0 Å². The third kappa shape index (κ3) is 27.2. The molecule has 0 radical (unpaired) electrons. The Morgan fingerprint density at radius 1 is 0.429 bits per heavy atom. The molecule has 11 nitrogen and oxygen atoms in total. The quantitative estimate of drug-likeness (QED) is 0.0870. The van der Waals surface area contributed by atoms with Crippen molar-refractivity contribution in [3.63, 3.8) is 0 Å². The van der Waals surface area contributed by atoms with Crippen LogP contribution in [0.4, 0.5) is 0 Å². The fraction of sp³-hybridized carbons (Fsp3) is 0.774. The molecule has 0 N–H and O–H groups in total. The number of rotatable bonds is 33. The first-order valence-corrected chi connectivity index (χ1v) is 15.3. The number of hydrogen-bond donors (Lipinski definition) is 0. The number of carbonyl (C=O) groups excluding carboxylic acids is 1. The van der Waals surface area contributed by atoms with Gasteiger partial charge in [-0.2, -0.15) is 0 Å². The fourth-order valence-electron chi connectivity index (χ4n) is 3.34. The molecule has 0 aromatic heterocycles. The van der Waals surface area contributed by atoms with E-state index < -0.39 is 0 Å². The third-order valence-electron chi connectivity index (χ3n) is 5.59. The van der Waals surface area contributed by atoms with Gasteiger partial charge >= 0.3 is 5.97 Å². The Hall–Kier alpha value is -1.67. The molecule has 0 aliphatic carbocycles. The predicted molar refractivity (Wildman–Crippen MR) is 158 cm³/mol. The first-order chi connectivity index (χ1) is 20.8. The van der Waals surface area contributed by atoms with Crippen LogP contribution in [-0.4, -0.2) is 132 Å². The van der Waals surface area contributed by atoms with E-state index in [1.165, 1.54) is 19.3 Å². The Bertz CT molecular complexity index is 678. The van der Waals surface area contributed by atoms with Crippen molar-refractivity contribution in [2.24, 2.45) is 0 Å². The van der Waals surface area contributed by atoms with Crippen molar-refractivity contribution in [1.29, 1.82) is 0 Å². The van der Waals surface area contributed by atoms with Gasteiger partial charge < -0.3 is 47.4 Å². The van der Waals surface area contributed by atoms with Crippen LogP contribution in [0.5, 0.6) is 0 Å². The van der Waals surface area contributed by atoms with E-state index in [0.29, 0.717) is 118 Å². The standard InChI is InChI=1S/C31H54O11/c1-2-3-4-8-11-33-12-13-34-14-15-35-16-17-36-18-19-37-20-21-38-22-23-39-24-25-40-26-27-41-28-29-42-31(32)30-9-6-5-7-10-30/h5-7,9-10H,2-4,8,11-29H2,1H3. The maximum Gasteiger partial charge on any atom is 0.338 e. The average Bonchev–Trinajstić information content (AvgIpc) is 3.02. The zero-order valence-corrected chi connectivity index (χ0v) is 25.6. The first-order valence-electron chi connectivity index (χ1n) is 15.3. The van der Waals surface area contributed by atoms with Crippen LogP contribution >= 0.6 is 0 Å². The Kier molecular flexibility index (Phi) is 29.4. The molecule has 0 bridgehead atoms. The molecule has 0 amide bonds. The van der Waals surface area contributed by atoms with Crippen LogP contribution in [0.15, 0.2) is 30.3 Å². The van der Waals surface area contributed by atoms with E-state index in [9.17, 15) is 4.79 Å². The molecule has 0 atom stereocenters. The van der Waals surface area contributed by atoms with Crippen LogP contribution in [-0.2, 0) is 47.4 Å². The molecule has 0 heterocycles. The lowest BCUT2D eigenvalue weighted by Gasteiger charge is -2.09. The average molecular weight is 603 g/mol. The molecule has 0 saturated carbocycles. The lowest BCUT2D eigenvalue weighted by Crippen LogP contribution is -2.15. The maximum atomic E-state index is 11.8. The molecule has 0 aliphatic rings. The molecule has 42 heavy (non-hydrogen) atoms. The summed E-state index contributed by atoms with van der Waals surface area (Å²) in [6.45, 7) is 11.9. The second-order valence-electron chi connectivity index (χ2n) is 9.07. The Morgan fingerprint density at radius 2 is 0.762 bits per heavy atom. The summed E-state index contributed by atoms with van der Waals surface area (Å²) in [5.41, 5.74) is 0.529. The summed E-state index contributed by atoms with van der Waals surface area (Å²) in [5.74, 6) is -0.352. The molecular formula is C31H54O11. The predicted octanol–water partition coefficient (Wildman–Crippen LogP) is 3.57. The minimum Gasteiger partial charge on any atom is -0.460 e. The lowest BCUT2D eigenvalue weighted by atomic mass is 10.2. The van der Waals surface area contributed by atoms with Crippen molar-refractivity contribution < 1.29 is 52.2 Å². The van der Waals surface area contributed by atoms with Crippen molar-refractivity contribution in [2.45, 2.75) is 32.6 Å². The first kappa shape index (κ1) is 38.4. The smallest absolute Gasteiger partial charge is 0.338 e. The highest BCUT2D eigenvalue weighted by Crippen LogP contribution is 2.01. The van der Waals surface area contributed by atoms with Crippen LogP contribution in [0.2, 0.25) is 0 Å². The maximum absolute atomic E-state index is 11.8. The van der Waals surface area contributed by atoms with E-state index in [2.05, 4.69) is 6.92 Å². The summed E-state index contributed by atoms with van der Waals surface area (Å²) in [7, 11) is 0. The van der Waals surface area contributed by atoms with Gasteiger partial charge in [-0.25, -0.2) is 4.79 Å². The van der Waals surface area contributed by atoms with Crippen molar-refractivity contribution >= 4 is 5.97 Å². The van der Waals surface area contributed by atoms with Gasteiger partial charge in [-0.1, -0.05) is 44.4 Å². The number of benzene rings is 1. The topological polar surface area (TPSA) is 109 Å². The largest absolute Gasteiger partial charge is 0.460 e. The van der Waals surface area contributed by atoms with E-state index >= 15 is 0 Å². The van der Waals surface area contributed by atoms with E-state index in [-0.39, 0.29) is 12.6 Å². The SMILES string of the molecule is CCCCCCOCCOCCOCCOCCOCCOCCOCCOCCOCCOC(=O)c1ccccc1. The van der Waals surface area contributed by atoms with E-state index in [0.717, 1.165) is 13.0 Å². The second-order valence-corrected chi connectivity index (χ2v) is 9.07. The summed E-state index contributed by atoms with van der Waals surface area (Å²) in [6, 6.07) is 8.86. The van der Waals surface area contributed by atoms with Gasteiger partial charge in [0.1, 0.15) is 6.61 Å². The molecule has 0 saturated heterocycles. The Morgan fingerprint density at radius 3 is 1.12 bits per heavy atom. The monoisotopic (exact) mass is 602 g/mol. The Balaban J connectivity index is 1.64. The van der Waals surface area contributed by atoms with Crippen molar-refractivity contribution in [2.75, 3.05) is 126 Å². The van der Waals surface area contributed by atoms with Crippen LogP contribution in [0.1, 0.15) is 43.0 Å². The van der Waals surface area contributed by atoms with Gasteiger partial charge in [0, 0.05) is 6.61 Å². The van der Waals surface area contributed by atoms with Gasteiger partial charge in [0.15, 0.2) is 0 Å². The number of hydrogen-bond acceptors (Lipinski definition) is 11. The molecule has 0 spiro atoms. The summed E-state index contributed by atoms with van der Waals surface area (Å²) in [5, 5.41) is 0. The molecule has 1 aromatic rings. The third-order valence-corrected chi connectivity index (χ3v) is 5.59. The Labute approximate surface area is 252 Å². The summed E-state index contributed by atoms with van der Waals surface area (Å²) >= 11 is 0. The highest BCUT2D eigenvalue weighted by Gasteiger charge is 2.05. The minimum atomic E-state index is -0.352. The lowest BCUT2D eigenvalue weighted by molar-refractivity contribution is -0.0259. The highest BCUT2D eigenvalue weighted by molar-refractivity contribution is 5.89. The van der Waals surface area contributed by atoms with Gasteiger partial charge in [-0.3, -0.25) is 0 Å².